The van der Waals surface area contributed by atoms with Crippen molar-refractivity contribution in [1.29, 1.82) is 5.41 Å². The third-order valence-corrected chi connectivity index (χ3v) is 6.84. The monoisotopic (exact) mass is 454 g/mol. The van der Waals surface area contributed by atoms with Gasteiger partial charge in [0.1, 0.15) is 23.2 Å². The topological polar surface area (TPSA) is 103 Å². The van der Waals surface area contributed by atoms with Crippen LogP contribution in [0.2, 0.25) is 0 Å². The molecule has 0 unspecified atom stereocenters. The van der Waals surface area contributed by atoms with Crippen molar-refractivity contribution >= 4 is 44.6 Å². The van der Waals surface area contributed by atoms with Crippen molar-refractivity contribution in [2.75, 3.05) is 49.6 Å². The van der Waals surface area contributed by atoms with Crippen LogP contribution in [0.5, 0.6) is 5.75 Å². The summed E-state index contributed by atoms with van der Waals surface area (Å²) in [6.07, 6.45) is 0. The fourth-order valence-corrected chi connectivity index (χ4v) is 4.92. The van der Waals surface area contributed by atoms with Crippen molar-refractivity contribution in [2.24, 2.45) is 0 Å². The van der Waals surface area contributed by atoms with Gasteiger partial charge in [-0.1, -0.05) is 24.3 Å². The molecule has 8 nitrogen and oxygen atoms in total. The number of anilines is 2. The Labute approximate surface area is 196 Å². The predicted octanol–water partition coefficient (Wildman–Crippen LogP) is 3.94. The molecule has 0 radical (unpaired) electrons. The number of likely N-dealkylation sites (N-methyl/N-ethyl adjacent to an activating group) is 1. The molecule has 1 saturated heterocycles. The van der Waals surface area contributed by atoms with E-state index in [-0.39, 0.29) is 23.9 Å². The molecule has 0 spiro atoms. The molecule has 0 amide bonds. The van der Waals surface area contributed by atoms with E-state index < -0.39 is 0 Å². The summed E-state index contributed by atoms with van der Waals surface area (Å²) >= 11 is 0. The zero-order valence-corrected chi connectivity index (χ0v) is 18.9. The highest BCUT2D eigenvalue weighted by molar-refractivity contribution is 6.31. The Morgan fingerprint density at radius 1 is 0.941 bits per heavy atom. The fraction of sp³-hybridized carbons (Fsp3) is 0.231. The second kappa shape index (κ2) is 7.78. The van der Waals surface area contributed by atoms with Crippen molar-refractivity contribution < 1.29 is 10.2 Å². The number of fused-ring (bicyclic) bond motifs is 2. The number of hydrogen-bond acceptors (Lipinski definition) is 6. The number of aliphatic hydroxyl groups is 1. The normalized spacial score (nSPS) is 17.5. The number of hydrogen-bond donors (Lipinski definition) is 4. The van der Waals surface area contributed by atoms with Gasteiger partial charge in [0.05, 0.1) is 28.8 Å². The van der Waals surface area contributed by atoms with Crippen LogP contribution in [0.1, 0.15) is 5.82 Å². The van der Waals surface area contributed by atoms with Crippen molar-refractivity contribution in [1.82, 2.24) is 14.9 Å². The lowest BCUT2D eigenvalue weighted by molar-refractivity contribution is 0.313. The minimum atomic E-state index is 0.0977. The smallest absolute Gasteiger partial charge is 0.145 e. The van der Waals surface area contributed by atoms with Gasteiger partial charge in [-0.25, -0.2) is 4.98 Å². The first kappa shape index (κ1) is 20.6. The Balaban J connectivity index is 1.33. The summed E-state index contributed by atoms with van der Waals surface area (Å²) in [5.74, 6) is 0.946. The SMILES string of the molecule is CN1CCN(c2ccc3nc(C4=C(O)CN(c5cccc6c(O)cccc56)C4=N)[nH]c3c2)CC1. The average Bonchev–Trinajstić information content (AvgIpc) is 3.38. The number of piperazine rings is 1. The molecule has 1 aromatic heterocycles. The second-order valence-electron chi connectivity index (χ2n) is 8.98. The Bertz CT molecular complexity index is 1460. The van der Waals surface area contributed by atoms with Gasteiger partial charge in [0.2, 0.25) is 0 Å². The summed E-state index contributed by atoms with van der Waals surface area (Å²) in [7, 11) is 2.14. The molecule has 172 valence electrons. The van der Waals surface area contributed by atoms with E-state index in [0.717, 1.165) is 54.0 Å². The zero-order chi connectivity index (χ0) is 23.4. The number of rotatable bonds is 3. The van der Waals surface area contributed by atoms with Gasteiger partial charge in [0.15, 0.2) is 0 Å². The van der Waals surface area contributed by atoms with Crippen LogP contribution in [0.4, 0.5) is 11.4 Å². The van der Waals surface area contributed by atoms with Gasteiger partial charge in [-0.05, 0) is 37.4 Å². The number of aliphatic hydroxyl groups excluding tert-OH is 1. The Kier molecular flexibility index (Phi) is 4.70. The van der Waals surface area contributed by atoms with Crippen molar-refractivity contribution in [2.45, 2.75) is 0 Å². The number of aromatic hydroxyl groups is 1. The highest BCUT2D eigenvalue weighted by Crippen LogP contribution is 2.37. The average molecular weight is 455 g/mol. The van der Waals surface area contributed by atoms with E-state index >= 15 is 0 Å². The van der Waals surface area contributed by atoms with E-state index in [9.17, 15) is 10.2 Å². The molecule has 3 aromatic carbocycles. The van der Waals surface area contributed by atoms with Gasteiger partial charge in [-0.3, -0.25) is 5.41 Å². The molecule has 4 aromatic rings. The lowest BCUT2D eigenvalue weighted by Gasteiger charge is -2.34. The first-order valence-electron chi connectivity index (χ1n) is 11.4. The molecular formula is C26H26N6O2. The predicted molar refractivity (Wildman–Crippen MR) is 136 cm³/mol. The minimum absolute atomic E-state index is 0.0977. The Hall–Kier alpha value is -4.04. The van der Waals surface area contributed by atoms with Gasteiger partial charge < -0.3 is 29.9 Å². The zero-order valence-electron chi connectivity index (χ0n) is 18.9. The molecule has 2 aliphatic rings. The van der Waals surface area contributed by atoms with Crippen LogP contribution < -0.4 is 9.80 Å². The highest BCUT2D eigenvalue weighted by atomic mass is 16.3. The van der Waals surface area contributed by atoms with E-state index in [1.165, 1.54) is 0 Å². The van der Waals surface area contributed by atoms with E-state index in [2.05, 4.69) is 34.0 Å². The molecular weight excluding hydrogens is 428 g/mol. The van der Waals surface area contributed by atoms with Crippen LogP contribution in [0.15, 0.2) is 60.4 Å². The molecule has 0 atom stereocenters. The van der Waals surface area contributed by atoms with Crippen LogP contribution in [-0.2, 0) is 0 Å². The lowest BCUT2D eigenvalue weighted by atomic mass is 10.1. The second-order valence-corrected chi connectivity index (χ2v) is 8.98. The summed E-state index contributed by atoms with van der Waals surface area (Å²) < 4.78 is 0. The maximum Gasteiger partial charge on any atom is 0.145 e. The number of aromatic amines is 1. The number of H-pyrrole nitrogens is 1. The van der Waals surface area contributed by atoms with Crippen molar-refractivity contribution in [3.05, 3.63) is 66.2 Å². The molecule has 1 fully saturated rings. The minimum Gasteiger partial charge on any atom is -0.509 e. The van der Waals surface area contributed by atoms with Gasteiger partial charge in [-0.2, -0.15) is 0 Å². The molecule has 4 N–H and O–H groups in total. The fourth-order valence-electron chi connectivity index (χ4n) is 4.92. The Morgan fingerprint density at radius 3 is 2.53 bits per heavy atom. The molecule has 34 heavy (non-hydrogen) atoms. The number of nitrogens with zero attached hydrogens (tertiary/aromatic N) is 4. The molecule has 8 heteroatoms. The third kappa shape index (κ3) is 3.26. The number of benzene rings is 3. The lowest BCUT2D eigenvalue weighted by Crippen LogP contribution is -2.44. The van der Waals surface area contributed by atoms with E-state index in [4.69, 9.17) is 10.4 Å². The maximum atomic E-state index is 10.9. The van der Waals surface area contributed by atoms with Crippen LogP contribution >= 0.6 is 0 Å². The molecule has 0 aliphatic carbocycles. The molecule has 3 heterocycles. The quantitative estimate of drug-likeness (QED) is 0.374. The Morgan fingerprint density at radius 2 is 1.71 bits per heavy atom. The summed E-state index contributed by atoms with van der Waals surface area (Å²) in [6.45, 7) is 4.20. The number of phenols is 1. The first-order valence-corrected chi connectivity index (χ1v) is 11.4. The van der Waals surface area contributed by atoms with E-state index in [1.807, 2.05) is 30.3 Å². The van der Waals surface area contributed by atoms with Gasteiger partial charge in [-0.15, -0.1) is 0 Å². The molecule has 0 saturated carbocycles. The number of amidine groups is 1. The van der Waals surface area contributed by atoms with Crippen LogP contribution in [0.25, 0.3) is 27.4 Å². The summed E-state index contributed by atoms with van der Waals surface area (Å²) in [6, 6.07) is 17.1. The van der Waals surface area contributed by atoms with Gasteiger partial charge in [0.25, 0.3) is 0 Å². The van der Waals surface area contributed by atoms with Crippen LogP contribution in [0.3, 0.4) is 0 Å². The van der Waals surface area contributed by atoms with Crippen molar-refractivity contribution in [3.63, 3.8) is 0 Å². The maximum absolute atomic E-state index is 10.9. The van der Waals surface area contributed by atoms with Gasteiger partial charge in [0, 0.05) is 42.6 Å². The van der Waals surface area contributed by atoms with E-state index in [0.29, 0.717) is 16.8 Å². The summed E-state index contributed by atoms with van der Waals surface area (Å²) in [4.78, 5) is 14.5. The van der Waals surface area contributed by atoms with Gasteiger partial charge >= 0.3 is 0 Å². The van der Waals surface area contributed by atoms with Crippen LogP contribution in [-0.4, -0.2) is 70.7 Å². The summed E-state index contributed by atoms with van der Waals surface area (Å²) in [5.41, 5.74) is 3.98. The third-order valence-electron chi connectivity index (χ3n) is 6.84. The largest absolute Gasteiger partial charge is 0.509 e. The molecule has 6 rings (SSSR count). The summed E-state index contributed by atoms with van der Waals surface area (Å²) in [5, 5.41) is 31.5. The first-order chi connectivity index (χ1) is 16.5. The number of imidazole rings is 1. The number of aromatic nitrogens is 2. The molecule has 2 aliphatic heterocycles. The standard InChI is InChI=1S/C26H26N6O2/c1-30-10-12-31(13-11-30)16-8-9-19-20(14-16)29-26(28-19)24-23(34)15-32(25(24)27)21-6-2-5-18-17(21)4-3-7-22(18)33/h2-9,14,27,33-34H,10-13,15H2,1H3,(H,28,29). The number of nitrogens with one attached hydrogen (secondary N) is 2. The molecule has 0 bridgehead atoms. The van der Waals surface area contributed by atoms with E-state index in [1.54, 1.807) is 17.0 Å². The van der Waals surface area contributed by atoms with Crippen LogP contribution in [0, 0.1) is 5.41 Å². The van der Waals surface area contributed by atoms with Crippen molar-refractivity contribution in [3.8, 4) is 5.75 Å². The highest BCUT2D eigenvalue weighted by Gasteiger charge is 2.32. The number of phenolic OH excluding ortho intramolecular Hbond substituents is 1.